The van der Waals surface area contributed by atoms with Crippen LogP contribution in [0.1, 0.15) is 70.9 Å². The van der Waals surface area contributed by atoms with Crippen LogP contribution in [0.2, 0.25) is 5.02 Å². The molecular formula is C38H44ClN5O6S. The number of aryl methyl sites for hydroxylation is 1. The number of anilines is 1. The highest BCUT2D eigenvalue weighted by atomic mass is 35.5. The summed E-state index contributed by atoms with van der Waals surface area (Å²) < 4.78 is 39.3. The van der Waals surface area contributed by atoms with Gasteiger partial charge in [-0.25, -0.2) is 4.21 Å². The number of hydrogen-bond donors (Lipinski definition) is 1. The first-order valence-electron chi connectivity index (χ1n) is 17.6. The normalized spacial score (nSPS) is 29.6. The predicted molar refractivity (Wildman–Crippen MR) is 196 cm³/mol. The highest BCUT2D eigenvalue weighted by Gasteiger charge is 2.44. The van der Waals surface area contributed by atoms with Crippen LogP contribution in [0, 0.1) is 17.8 Å². The molecule has 0 unspecified atom stereocenters. The molecule has 13 heteroatoms. The van der Waals surface area contributed by atoms with Crippen LogP contribution in [0.25, 0.3) is 0 Å². The fourth-order valence-corrected chi connectivity index (χ4v) is 10.3. The van der Waals surface area contributed by atoms with Crippen molar-refractivity contribution in [3.63, 3.8) is 0 Å². The Bertz CT molecular complexity index is 1980. The van der Waals surface area contributed by atoms with Crippen molar-refractivity contribution in [3.05, 3.63) is 88.1 Å². The number of amides is 2. The number of benzene rings is 2. The standard InChI is InChI=1S/C38H44ClN5O6S/c1-24-6-4-8-33(48-2)29-12-9-27(29)20-44-22-38(16-5-7-25-18-28(39)11-13-31(25)38)23-50-34-14-10-26(19-32(34)44)35(45)42-51(47,21-24)43-36(46)30-15-17-40-41-37(30)49-3/h4,8,10-11,13-15,17-19,24,27,29,33H,5-7,9,12,16,20-23H2,1-3H3,(H,42,43,45,46,47)/b8-4+/t24-,27-,29+,33-,38-,51-/m0/s1. The highest BCUT2D eigenvalue weighted by molar-refractivity contribution is 7.92. The summed E-state index contributed by atoms with van der Waals surface area (Å²) in [6, 6.07) is 12.9. The van der Waals surface area contributed by atoms with Crippen LogP contribution in [-0.4, -0.2) is 72.0 Å². The molecule has 2 amide bonds. The van der Waals surface area contributed by atoms with E-state index >= 15 is 0 Å². The minimum absolute atomic E-state index is 0.0271. The zero-order chi connectivity index (χ0) is 35.8. The van der Waals surface area contributed by atoms with Gasteiger partial charge >= 0.3 is 0 Å². The van der Waals surface area contributed by atoms with Crippen LogP contribution in [0.5, 0.6) is 11.6 Å². The smallest absolute Gasteiger partial charge is 0.286 e. The summed E-state index contributed by atoms with van der Waals surface area (Å²) in [5.74, 6) is -0.295. The summed E-state index contributed by atoms with van der Waals surface area (Å²) in [6.07, 6.45) is 11.1. The van der Waals surface area contributed by atoms with Gasteiger partial charge in [-0.3, -0.25) is 14.3 Å². The molecular weight excluding hydrogens is 690 g/mol. The fourth-order valence-electron chi connectivity index (χ4n) is 8.21. The number of methoxy groups -OCH3 is 2. The second-order valence-corrected chi connectivity index (χ2v) is 16.8. The number of rotatable bonds is 4. The van der Waals surface area contributed by atoms with Gasteiger partial charge in [0.05, 0.1) is 37.5 Å². The minimum atomic E-state index is -3.61. The quantitative estimate of drug-likeness (QED) is 0.311. The largest absolute Gasteiger partial charge is 0.490 e. The van der Waals surface area contributed by atoms with Crippen molar-refractivity contribution < 1.29 is 28.0 Å². The number of fused-ring (bicyclic) bond motifs is 4. The van der Waals surface area contributed by atoms with Gasteiger partial charge in [0.15, 0.2) is 0 Å². The number of carbonyl (C=O) groups is 2. The molecule has 51 heavy (non-hydrogen) atoms. The zero-order valence-electron chi connectivity index (χ0n) is 29.2. The van der Waals surface area contributed by atoms with Gasteiger partial charge < -0.3 is 19.1 Å². The molecule has 1 aromatic heterocycles. The molecule has 1 saturated carbocycles. The molecule has 1 fully saturated rings. The minimum Gasteiger partial charge on any atom is -0.490 e. The molecule has 270 valence electrons. The van der Waals surface area contributed by atoms with E-state index in [0.717, 1.165) is 49.4 Å². The number of hydrogen-bond acceptors (Lipinski definition) is 9. The van der Waals surface area contributed by atoms with Crippen molar-refractivity contribution in [1.29, 1.82) is 0 Å². The average molecular weight is 734 g/mol. The van der Waals surface area contributed by atoms with Crippen molar-refractivity contribution in [3.8, 4) is 11.6 Å². The van der Waals surface area contributed by atoms with Gasteiger partial charge in [0.1, 0.15) is 21.2 Å². The molecule has 11 nitrogen and oxygen atoms in total. The van der Waals surface area contributed by atoms with Gasteiger partial charge in [0, 0.05) is 36.2 Å². The second-order valence-electron chi connectivity index (χ2n) is 14.3. The lowest BCUT2D eigenvalue weighted by atomic mass is 9.68. The van der Waals surface area contributed by atoms with Crippen LogP contribution >= 0.6 is 11.6 Å². The SMILES string of the molecule is COc1nnccc1C(=O)N[S@@]1(=O)=NC(=O)c2ccc3c(c2)N(C[C@@H]2CC[C@H]2[C@@H](OC)/C=C/C[C@H](C)C1)C[C@@]1(CCCc2cc(Cl)ccc21)CO3. The van der Waals surface area contributed by atoms with E-state index in [4.69, 9.17) is 25.8 Å². The van der Waals surface area contributed by atoms with E-state index in [1.54, 1.807) is 19.2 Å². The number of halogens is 1. The summed E-state index contributed by atoms with van der Waals surface area (Å²) in [4.78, 5) is 29.8. The van der Waals surface area contributed by atoms with Crippen LogP contribution in [0.4, 0.5) is 5.69 Å². The maximum atomic E-state index is 14.5. The summed E-state index contributed by atoms with van der Waals surface area (Å²) in [6.45, 7) is 3.88. The maximum Gasteiger partial charge on any atom is 0.286 e. The van der Waals surface area contributed by atoms with E-state index < -0.39 is 21.7 Å². The van der Waals surface area contributed by atoms with Gasteiger partial charge in [-0.2, -0.15) is 5.10 Å². The average Bonchev–Trinajstić information content (AvgIpc) is 3.25. The molecule has 3 aromatic rings. The maximum absolute atomic E-state index is 14.5. The van der Waals surface area contributed by atoms with Crippen LogP contribution < -0.4 is 19.1 Å². The number of nitrogens with one attached hydrogen (secondary N) is 1. The molecule has 4 aliphatic rings. The lowest BCUT2D eigenvalue weighted by Gasteiger charge is -2.46. The van der Waals surface area contributed by atoms with Gasteiger partial charge in [-0.1, -0.05) is 36.7 Å². The van der Waals surface area contributed by atoms with Gasteiger partial charge in [0.2, 0.25) is 5.88 Å². The molecule has 6 atom stereocenters. The molecule has 2 aliphatic carbocycles. The molecule has 3 heterocycles. The lowest BCUT2D eigenvalue weighted by Crippen LogP contribution is -2.49. The van der Waals surface area contributed by atoms with E-state index in [9.17, 15) is 13.8 Å². The highest BCUT2D eigenvalue weighted by Crippen LogP contribution is 2.47. The van der Waals surface area contributed by atoms with Crippen molar-refractivity contribution in [2.75, 3.05) is 44.6 Å². The van der Waals surface area contributed by atoms with E-state index in [-0.39, 0.29) is 40.2 Å². The van der Waals surface area contributed by atoms with E-state index in [0.29, 0.717) is 37.2 Å². The number of ether oxygens (including phenoxy) is 3. The second kappa shape index (κ2) is 14.6. The lowest BCUT2D eigenvalue weighted by molar-refractivity contribution is 0.0131. The van der Waals surface area contributed by atoms with Crippen LogP contribution in [0.15, 0.2) is 65.2 Å². The number of nitrogens with zero attached hydrogens (tertiary/aromatic N) is 4. The fraction of sp³-hybridized carbons (Fsp3) is 0.474. The van der Waals surface area contributed by atoms with Crippen molar-refractivity contribution in [1.82, 2.24) is 14.9 Å². The Balaban J connectivity index is 1.31. The topological polar surface area (TPSA) is 132 Å². The Kier molecular flexibility index (Phi) is 10.1. The van der Waals surface area contributed by atoms with Gasteiger partial charge in [0.25, 0.3) is 11.8 Å². The van der Waals surface area contributed by atoms with Gasteiger partial charge in [-0.15, -0.1) is 9.46 Å². The molecule has 1 spiro atoms. The van der Waals surface area contributed by atoms with Crippen molar-refractivity contribution in [2.45, 2.75) is 57.0 Å². The third-order valence-corrected chi connectivity index (χ3v) is 13.1. The zero-order valence-corrected chi connectivity index (χ0v) is 30.8. The first-order chi connectivity index (χ1) is 24.6. The van der Waals surface area contributed by atoms with E-state index in [1.807, 2.05) is 19.1 Å². The first-order valence-corrected chi connectivity index (χ1v) is 19.6. The Morgan fingerprint density at radius 1 is 1.16 bits per heavy atom. The van der Waals surface area contributed by atoms with Crippen molar-refractivity contribution in [2.24, 2.45) is 22.1 Å². The Labute approximate surface area is 304 Å². The summed E-state index contributed by atoms with van der Waals surface area (Å²) in [5, 5.41) is 8.34. The molecule has 7 rings (SSSR count). The number of allylic oxidation sites excluding steroid dienone is 1. The number of aromatic nitrogens is 2. The Morgan fingerprint density at radius 3 is 2.80 bits per heavy atom. The predicted octanol–water partition coefficient (Wildman–Crippen LogP) is 6.20. The monoisotopic (exact) mass is 733 g/mol. The molecule has 2 aromatic carbocycles. The van der Waals surface area contributed by atoms with Crippen LogP contribution in [-0.2, 0) is 26.5 Å². The molecule has 2 bridgehead atoms. The summed E-state index contributed by atoms with van der Waals surface area (Å²) in [5.41, 5.74) is 3.34. The number of carbonyl (C=O) groups excluding carboxylic acids is 2. The van der Waals surface area contributed by atoms with Crippen molar-refractivity contribution >= 4 is 39.0 Å². The molecule has 0 radical (unpaired) electrons. The summed E-state index contributed by atoms with van der Waals surface area (Å²) in [7, 11) is -0.497. The first kappa shape index (κ1) is 35.4. The Hall–Kier alpha value is -4.00. The third kappa shape index (κ3) is 7.23. The molecule has 1 N–H and O–H groups in total. The Morgan fingerprint density at radius 2 is 2.02 bits per heavy atom. The van der Waals surface area contributed by atoms with E-state index in [1.165, 1.54) is 30.5 Å². The van der Waals surface area contributed by atoms with Gasteiger partial charge in [-0.05, 0) is 104 Å². The van der Waals surface area contributed by atoms with Crippen LogP contribution in [0.3, 0.4) is 0 Å². The molecule has 0 saturated heterocycles. The van der Waals surface area contributed by atoms with E-state index in [2.05, 4.69) is 48.5 Å². The summed E-state index contributed by atoms with van der Waals surface area (Å²) >= 11 is 6.45. The third-order valence-electron chi connectivity index (χ3n) is 10.9. The molecule has 2 aliphatic heterocycles.